The fraction of sp³-hybridized carbons (Fsp3) is 0.360. The molecule has 174 valence electrons. The summed E-state index contributed by atoms with van der Waals surface area (Å²) in [5, 5.41) is 12.7. The van der Waals surface area contributed by atoms with Crippen molar-refractivity contribution in [2.45, 2.75) is 38.3 Å². The van der Waals surface area contributed by atoms with Gasteiger partial charge in [0.25, 0.3) is 0 Å². The van der Waals surface area contributed by atoms with Gasteiger partial charge in [-0.15, -0.1) is 0 Å². The molecule has 1 aliphatic heterocycles. The number of hydrogen-bond acceptors (Lipinski definition) is 6. The van der Waals surface area contributed by atoms with Crippen molar-refractivity contribution in [3.8, 4) is 17.0 Å². The van der Waals surface area contributed by atoms with E-state index in [0.717, 1.165) is 54.9 Å². The van der Waals surface area contributed by atoms with Crippen LogP contribution >= 0.6 is 0 Å². The van der Waals surface area contributed by atoms with Crippen LogP contribution in [0, 0.1) is 0 Å². The number of nitrogens with zero attached hydrogens (tertiary/aromatic N) is 3. The number of aryl methyl sites for hydroxylation is 2. The van der Waals surface area contributed by atoms with Crippen molar-refractivity contribution in [3.63, 3.8) is 0 Å². The summed E-state index contributed by atoms with van der Waals surface area (Å²) in [5.74, 6) is 1.06. The number of aromatic hydroxyl groups is 1. The summed E-state index contributed by atoms with van der Waals surface area (Å²) in [6.45, 7) is 1.88. The van der Waals surface area contributed by atoms with Gasteiger partial charge in [0, 0.05) is 37.3 Å². The lowest BCUT2D eigenvalue weighted by molar-refractivity contribution is 0.331. The molecule has 7 nitrogen and oxygen atoms in total. The Morgan fingerprint density at radius 1 is 1.09 bits per heavy atom. The van der Waals surface area contributed by atoms with Gasteiger partial charge < -0.3 is 10.4 Å². The second-order valence-electron chi connectivity index (χ2n) is 8.53. The predicted molar refractivity (Wildman–Crippen MR) is 129 cm³/mol. The van der Waals surface area contributed by atoms with Crippen LogP contribution in [-0.4, -0.2) is 53.2 Å². The van der Waals surface area contributed by atoms with E-state index < -0.39 is 10.0 Å². The minimum absolute atomic E-state index is 0.0112. The summed E-state index contributed by atoms with van der Waals surface area (Å²) < 4.78 is 26.4. The number of hydrogen-bond donors (Lipinski definition) is 2. The van der Waals surface area contributed by atoms with Gasteiger partial charge in [0.1, 0.15) is 11.6 Å². The standard InChI is InChI=1S/C25H30N4O3S/c1-33(31,32)29(22-12-14-26-17-22)18-20-5-2-6-21(16-20)24-13-15-27-25(28-24)7-3-4-19-8-10-23(30)11-9-19/h2,5-6,8-11,13,15-16,22,26,30H,3-4,7,12,14,17-18H2,1H3. The third-order valence-electron chi connectivity index (χ3n) is 5.94. The normalized spacial score (nSPS) is 16.4. The molecule has 1 unspecified atom stereocenters. The molecule has 8 heteroatoms. The second-order valence-corrected chi connectivity index (χ2v) is 10.5. The summed E-state index contributed by atoms with van der Waals surface area (Å²) in [7, 11) is -3.31. The lowest BCUT2D eigenvalue weighted by atomic mass is 10.1. The molecule has 0 spiro atoms. The van der Waals surface area contributed by atoms with Gasteiger partial charge >= 0.3 is 0 Å². The van der Waals surface area contributed by atoms with Crippen LogP contribution in [0.2, 0.25) is 0 Å². The van der Waals surface area contributed by atoms with Crippen molar-refractivity contribution in [1.29, 1.82) is 0 Å². The van der Waals surface area contributed by atoms with Gasteiger partial charge in [0.2, 0.25) is 10.0 Å². The van der Waals surface area contributed by atoms with Crippen LogP contribution in [0.4, 0.5) is 0 Å². The quantitative estimate of drug-likeness (QED) is 0.503. The maximum atomic E-state index is 12.4. The van der Waals surface area contributed by atoms with Crippen molar-refractivity contribution in [1.82, 2.24) is 19.6 Å². The van der Waals surface area contributed by atoms with E-state index in [9.17, 15) is 13.5 Å². The van der Waals surface area contributed by atoms with E-state index in [2.05, 4.69) is 10.3 Å². The summed E-state index contributed by atoms with van der Waals surface area (Å²) >= 11 is 0. The number of phenols is 1. The van der Waals surface area contributed by atoms with Crippen LogP contribution in [0.25, 0.3) is 11.3 Å². The Hall–Kier alpha value is -2.81. The molecule has 0 bridgehead atoms. The van der Waals surface area contributed by atoms with E-state index in [0.29, 0.717) is 13.1 Å². The van der Waals surface area contributed by atoms with Gasteiger partial charge in [-0.25, -0.2) is 18.4 Å². The maximum absolute atomic E-state index is 12.4. The topological polar surface area (TPSA) is 95.4 Å². The first-order chi connectivity index (χ1) is 15.9. The van der Waals surface area contributed by atoms with Gasteiger partial charge in [-0.05, 0) is 61.2 Å². The fourth-order valence-corrected chi connectivity index (χ4v) is 5.31. The summed E-state index contributed by atoms with van der Waals surface area (Å²) in [4.78, 5) is 9.16. The Balaban J connectivity index is 1.44. The van der Waals surface area contributed by atoms with Crippen LogP contribution in [-0.2, 0) is 29.4 Å². The molecule has 1 fully saturated rings. The molecule has 0 amide bonds. The second kappa shape index (κ2) is 10.4. The smallest absolute Gasteiger partial charge is 0.211 e. The third-order valence-corrected chi connectivity index (χ3v) is 7.22. The Morgan fingerprint density at radius 2 is 1.91 bits per heavy atom. The number of nitrogens with one attached hydrogen (secondary N) is 1. The Labute approximate surface area is 195 Å². The van der Waals surface area contributed by atoms with E-state index in [4.69, 9.17) is 4.98 Å². The summed E-state index contributed by atoms with van der Waals surface area (Å²) in [6, 6.07) is 17.1. The van der Waals surface area contributed by atoms with Gasteiger partial charge in [-0.1, -0.05) is 30.3 Å². The Kier molecular flexibility index (Phi) is 7.37. The van der Waals surface area contributed by atoms with Crippen LogP contribution in [0.3, 0.4) is 0 Å². The molecule has 3 aromatic rings. The van der Waals surface area contributed by atoms with Crippen molar-refractivity contribution in [2.75, 3.05) is 19.3 Å². The van der Waals surface area contributed by atoms with Crippen LogP contribution < -0.4 is 5.32 Å². The van der Waals surface area contributed by atoms with E-state index >= 15 is 0 Å². The molecule has 0 aliphatic carbocycles. The zero-order valence-corrected chi connectivity index (χ0v) is 19.6. The number of benzene rings is 2. The molecular weight excluding hydrogens is 436 g/mol. The Morgan fingerprint density at radius 3 is 2.64 bits per heavy atom. The maximum Gasteiger partial charge on any atom is 0.211 e. The summed E-state index contributed by atoms with van der Waals surface area (Å²) in [5.41, 5.74) is 3.90. The number of phenolic OH excluding ortho intramolecular Hbond substituents is 1. The van der Waals surface area contributed by atoms with E-state index in [-0.39, 0.29) is 11.8 Å². The van der Waals surface area contributed by atoms with Crippen molar-refractivity contribution in [2.24, 2.45) is 0 Å². The Bertz CT molecular complexity index is 1180. The average molecular weight is 467 g/mol. The monoisotopic (exact) mass is 466 g/mol. The minimum atomic E-state index is -3.31. The van der Waals surface area contributed by atoms with Gasteiger partial charge in [-0.2, -0.15) is 4.31 Å². The van der Waals surface area contributed by atoms with E-state index in [1.807, 2.05) is 42.5 Å². The lowest BCUT2D eigenvalue weighted by Gasteiger charge is -2.26. The largest absolute Gasteiger partial charge is 0.508 e. The molecule has 1 aromatic heterocycles. The summed E-state index contributed by atoms with van der Waals surface area (Å²) in [6.07, 6.45) is 6.44. The first-order valence-corrected chi connectivity index (χ1v) is 13.1. The molecule has 2 aromatic carbocycles. The molecule has 4 rings (SSSR count). The molecule has 2 heterocycles. The number of rotatable bonds is 9. The molecule has 1 saturated heterocycles. The third kappa shape index (κ3) is 6.37. The highest BCUT2D eigenvalue weighted by Gasteiger charge is 2.29. The number of sulfonamides is 1. The molecule has 33 heavy (non-hydrogen) atoms. The molecule has 0 radical (unpaired) electrons. The predicted octanol–water partition coefficient (Wildman–Crippen LogP) is 3.15. The van der Waals surface area contributed by atoms with Crippen LogP contribution in [0.15, 0.2) is 60.8 Å². The number of aromatic nitrogens is 2. The zero-order valence-electron chi connectivity index (χ0n) is 18.8. The van der Waals surface area contributed by atoms with Crippen LogP contribution in [0.1, 0.15) is 29.8 Å². The van der Waals surface area contributed by atoms with Crippen molar-refractivity contribution < 1.29 is 13.5 Å². The van der Waals surface area contributed by atoms with Gasteiger partial charge in [0.15, 0.2) is 0 Å². The molecule has 0 saturated carbocycles. The highest BCUT2D eigenvalue weighted by Crippen LogP contribution is 2.22. The minimum Gasteiger partial charge on any atom is -0.508 e. The average Bonchev–Trinajstić information content (AvgIpc) is 3.33. The zero-order chi connectivity index (χ0) is 23.3. The first kappa shape index (κ1) is 23.4. The van der Waals surface area contributed by atoms with E-state index in [1.165, 1.54) is 11.8 Å². The van der Waals surface area contributed by atoms with E-state index in [1.54, 1.807) is 22.6 Å². The fourth-order valence-electron chi connectivity index (χ4n) is 4.20. The molecular formula is C25H30N4O3S. The van der Waals surface area contributed by atoms with Crippen molar-refractivity contribution in [3.05, 3.63) is 77.7 Å². The highest BCUT2D eigenvalue weighted by molar-refractivity contribution is 7.88. The van der Waals surface area contributed by atoms with Crippen molar-refractivity contribution >= 4 is 10.0 Å². The molecule has 1 atom stereocenters. The van der Waals surface area contributed by atoms with Gasteiger partial charge in [-0.3, -0.25) is 0 Å². The van der Waals surface area contributed by atoms with Crippen LogP contribution in [0.5, 0.6) is 5.75 Å². The van der Waals surface area contributed by atoms with Gasteiger partial charge in [0.05, 0.1) is 11.9 Å². The highest BCUT2D eigenvalue weighted by atomic mass is 32.2. The molecule has 2 N–H and O–H groups in total. The lowest BCUT2D eigenvalue weighted by Crippen LogP contribution is -2.40. The SMILES string of the molecule is CS(=O)(=O)N(Cc1cccc(-c2ccnc(CCCc3ccc(O)cc3)n2)c1)C1CCNC1. The molecule has 1 aliphatic rings. The first-order valence-electron chi connectivity index (χ1n) is 11.3.